The Balaban J connectivity index is 2.71. The van der Waals surface area contributed by atoms with Crippen molar-refractivity contribution < 1.29 is 28.5 Å². The Morgan fingerprint density at radius 1 is 1.41 bits per heavy atom. The maximum absolute atomic E-state index is 13.4. The number of aryl methyl sites for hydroxylation is 1. The van der Waals surface area contributed by atoms with Crippen LogP contribution in [0.15, 0.2) is 12.1 Å². The molecule has 0 heterocycles. The van der Waals surface area contributed by atoms with Crippen molar-refractivity contribution in [2.24, 2.45) is 0 Å². The number of benzene rings is 1. The highest BCUT2D eigenvalue weighted by Gasteiger charge is 2.16. The van der Waals surface area contributed by atoms with Crippen LogP contribution in [-0.2, 0) is 9.53 Å². The molecule has 1 aromatic carbocycles. The molecule has 0 aliphatic rings. The molecule has 0 aliphatic heterocycles. The molecule has 1 rings (SSSR count). The lowest BCUT2D eigenvalue weighted by Crippen LogP contribution is -2.14. The molecule has 0 aromatic heterocycles. The number of ether oxygens (including phenoxy) is 1. The minimum absolute atomic E-state index is 0.130. The molecular weight excluding hydrogens is 234 g/mol. The number of hydrogen-bond acceptors (Lipinski definition) is 3. The molecule has 6 heteroatoms. The minimum atomic E-state index is -1.40. The maximum Gasteiger partial charge on any atom is 0.329 e. The number of halogens is 2. The van der Waals surface area contributed by atoms with Gasteiger partial charge in [-0.15, -0.1) is 0 Å². The zero-order valence-corrected chi connectivity index (χ0v) is 9.11. The van der Waals surface area contributed by atoms with Crippen LogP contribution in [0, 0.1) is 18.6 Å². The van der Waals surface area contributed by atoms with E-state index >= 15 is 0 Å². The van der Waals surface area contributed by atoms with Gasteiger partial charge in [0.2, 0.25) is 0 Å². The van der Waals surface area contributed by atoms with E-state index in [1.807, 2.05) is 0 Å². The topological polar surface area (TPSA) is 66.8 Å². The predicted octanol–water partition coefficient (Wildman–Crippen LogP) is 1.41. The molecule has 0 saturated heterocycles. The number of rotatable bonds is 5. The summed E-state index contributed by atoms with van der Waals surface area (Å²) in [6.45, 7) is 0.383. The lowest BCUT2D eigenvalue weighted by atomic mass is 10.1. The monoisotopic (exact) mass is 246 g/mol. The Hall–Kier alpha value is -1.53. The van der Waals surface area contributed by atoms with Crippen LogP contribution in [0.1, 0.15) is 17.2 Å². The summed E-state index contributed by atoms with van der Waals surface area (Å²) >= 11 is 0. The molecule has 0 bridgehead atoms. The summed E-state index contributed by atoms with van der Waals surface area (Å²) in [6, 6.07) is 1.84. The second-order valence-corrected chi connectivity index (χ2v) is 3.55. The summed E-state index contributed by atoms with van der Waals surface area (Å²) in [5.74, 6) is -2.60. The van der Waals surface area contributed by atoms with Crippen molar-refractivity contribution in [2.75, 3.05) is 13.2 Å². The molecule has 0 amide bonds. The molecule has 1 unspecified atom stereocenters. The number of carbonyl (C=O) groups is 1. The van der Waals surface area contributed by atoms with Crippen LogP contribution in [-0.4, -0.2) is 29.4 Å². The Morgan fingerprint density at radius 2 is 2.06 bits per heavy atom. The molecule has 94 valence electrons. The first kappa shape index (κ1) is 13.5. The van der Waals surface area contributed by atoms with Gasteiger partial charge in [-0.3, -0.25) is 0 Å². The first-order valence-corrected chi connectivity index (χ1v) is 4.85. The van der Waals surface area contributed by atoms with Gasteiger partial charge in [-0.05, 0) is 24.6 Å². The van der Waals surface area contributed by atoms with Gasteiger partial charge in [-0.2, -0.15) is 0 Å². The zero-order valence-electron chi connectivity index (χ0n) is 9.11. The first-order chi connectivity index (χ1) is 7.91. The number of carboxylic acids is 1. The third kappa shape index (κ3) is 3.76. The molecular formula is C11H12F2O4. The van der Waals surface area contributed by atoms with Gasteiger partial charge in [0.25, 0.3) is 0 Å². The molecule has 17 heavy (non-hydrogen) atoms. The van der Waals surface area contributed by atoms with Gasteiger partial charge >= 0.3 is 5.97 Å². The van der Waals surface area contributed by atoms with Crippen LogP contribution in [0.4, 0.5) is 8.78 Å². The van der Waals surface area contributed by atoms with E-state index in [-0.39, 0.29) is 11.1 Å². The largest absolute Gasteiger partial charge is 0.480 e. The molecule has 0 radical (unpaired) electrons. The third-order valence-corrected chi connectivity index (χ3v) is 2.14. The number of aliphatic carboxylic acids is 1. The summed E-state index contributed by atoms with van der Waals surface area (Å²) in [4.78, 5) is 10.1. The van der Waals surface area contributed by atoms with Crippen LogP contribution in [0.2, 0.25) is 0 Å². The van der Waals surface area contributed by atoms with Crippen LogP contribution in [0.25, 0.3) is 0 Å². The van der Waals surface area contributed by atoms with E-state index in [1.54, 1.807) is 0 Å². The van der Waals surface area contributed by atoms with Crippen LogP contribution < -0.4 is 0 Å². The van der Waals surface area contributed by atoms with Crippen LogP contribution in [0.3, 0.4) is 0 Å². The van der Waals surface area contributed by atoms with Gasteiger partial charge in [0.1, 0.15) is 24.3 Å². The fourth-order valence-corrected chi connectivity index (χ4v) is 1.26. The lowest BCUT2D eigenvalue weighted by Gasteiger charge is -2.12. The van der Waals surface area contributed by atoms with Gasteiger partial charge in [-0.25, -0.2) is 13.6 Å². The number of carboxylic acid groups (broad SMARTS) is 1. The zero-order chi connectivity index (χ0) is 13.0. The van der Waals surface area contributed by atoms with E-state index in [9.17, 15) is 18.7 Å². The Kier molecular flexibility index (Phi) is 4.53. The average Bonchev–Trinajstić information content (AvgIpc) is 2.22. The first-order valence-electron chi connectivity index (χ1n) is 4.85. The van der Waals surface area contributed by atoms with E-state index in [0.29, 0.717) is 0 Å². The Bertz CT molecular complexity index is 420. The van der Waals surface area contributed by atoms with Crippen molar-refractivity contribution >= 4 is 5.97 Å². The Morgan fingerprint density at radius 3 is 2.65 bits per heavy atom. The van der Waals surface area contributed by atoms with Crippen molar-refractivity contribution in [3.05, 3.63) is 34.9 Å². The van der Waals surface area contributed by atoms with Gasteiger partial charge in [0.15, 0.2) is 0 Å². The smallest absolute Gasteiger partial charge is 0.329 e. The van der Waals surface area contributed by atoms with Gasteiger partial charge in [0, 0.05) is 5.56 Å². The standard InChI is InChI=1S/C11H12F2O4/c1-6-2-9(13)7(3-8(6)12)10(14)4-17-5-11(15)16/h2-3,10,14H,4-5H2,1H3,(H,15,16). The van der Waals surface area contributed by atoms with Gasteiger partial charge in [0.05, 0.1) is 6.61 Å². The molecule has 4 nitrogen and oxygen atoms in total. The summed E-state index contributed by atoms with van der Waals surface area (Å²) in [5.41, 5.74) is -0.122. The van der Waals surface area contributed by atoms with Crippen molar-refractivity contribution in [3.8, 4) is 0 Å². The summed E-state index contributed by atoms with van der Waals surface area (Å²) in [5, 5.41) is 17.8. The summed E-state index contributed by atoms with van der Waals surface area (Å²) < 4.78 is 31.1. The number of hydrogen-bond donors (Lipinski definition) is 2. The molecule has 1 atom stereocenters. The van der Waals surface area contributed by atoms with Crippen LogP contribution in [0.5, 0.6) is 0 Å². The van der Waals surface area contributed by atoms with Crippen molar-refractivity contribution in [1.82, 2.24) is 0 Å². The normalized spacial score (nSPS) is 12.5. The molecule has 0 fully saturated rings. The third-order valence-electron chi connectivity index (χ3n) is 2.14. The van der Waals surface area contributed by atoms with E-state index in [2.05, 4.69) is 4.74 Å². The highest BCUT2D eigenvalue weighted by Crippen LogP contribution is 2.20. The number of aliphatic hydroxyl groups excluding tert-OH is 1. The van der Waals surface area contributed by atoms with Crippen molar-refractivity contribution in [3.63, 3.8) is 0 Å². The average molecular weight is 246 g/mol. The summed E-state index contributed by atoms with van der Waals surface area (Å²) in [7, 11) is 0. The highest BCUT2D eigenvalue weighted by molar-refractivity contribution is 5.67. The van der Waals surface area contributed by atoms with E-state index in [4.69, 9.17) is 5.11 Å². The van der Waals surface area contributed by atoms with Gasteiger partial charge in [-0.1, -0.05) is 0 Å². The lowest BCUT2D eigenvalue weighted by molar-refractivity contribution is -0.143. The Labute approximate surface area is 96.5 Å². The van der Waals surface area contributed by atoms with Crippen molar-refractivity contribution in [2.45, 2.75) is 13.0 Å². The second-order valence-electron chi connectivity index (χ2n) is 3.55. The number of aliphatic hydroxyl groups is 1. The quantitative estimate of drug-likeness (QED) is 0.824. The molecule has 2 N–H and O–H groups in total. The highest BCUT2D eigenvalue weighted by atomic mass is 19.1. The second kappa shape index (κ2) is 5.70. The van der Waals surface area contributed by atoms with Gasteiger partial charge < -0.3 is 14.9 Å². The van der Waals surface area contributed by atoms with E-state index in [1.165, 1.54) is 6.92 Å². The van der Waals surface area contributed by atoms with Crippen molar-refractivity contribution in [1.29, 1.82) is 0 Å². The fraction of sp³-hybridized carbons (Fsp3) is 0.364. The van der Waals surface area contributed by atoms with E-state index < -0.39 is 36.9 Å². The molecule has 0 spiro atoms. The molecule has 1 aromatic rings. The fourth-order valence-electron chi connectivity index (χ4n) is 1.26. The van der Waals surface area contributed by atoms with Crippen LogP contribution >= 0.6 is 0 Å². The maximum atomic E-state index is 13.4. The minimum Gasteiger partial charge on any atom is -0.480 e. The molecule has 0 saturated carbocycles. The SMILES string of the molecule is Cc1cc(F)c(C(O)COCC(=O)O)cc1F. The van der Waals surface area contributed by atoms with E-state index in [0.717, 1.165) is 12.1 Å². The molecule has 0 aliphatic carbocycles. The predicted molar refractivity (Wildman–Crippen MR) is 54.5 cm³/mol. The summed E-state index contributed by atoms with van der Waals surface area (Å²) in [6.07, 6.45) is -1.40.